The predicted molar refractivity (Wildman–Crippen MR) is 102 cm³/mol. The van der Waals surface area contributed by atoms with Gasteiger partial charge in [0, 0.05) is 20.6 Å². The average molecular weight is 419 g/mol. The Hall–Kier alpha value is -2.37. The van der Waals surface area contributed by atoms with Gasteiger partial charge in [0.15, 0.2) is 5.70 Å². The summed E-state index contributed by atoms with van der Waals surface area (Å²) in [6, 6.07) is 12.4. The molecular formula is C19H13BrClNO3. The maximum absolute atomic E-state index is 12.1. The van der Waals surface area contributed by atoms with Gasteiger partial charge in [-0.15, -0.1) is 0 Å². The smallest absolute Gasteiger partial charge is 0.363 e. The number of hydrogen-bond donors (Lipinski definition) is 0. The molecule has 4 nitrogen and oxygen atoms in total. The summed E-state index contributed by atoms with van der Waals surface area (Å²) in [6.07, 6.45) is 3.29. The van der Waals surface area contributed by atoms with Crippen LogP contribution in [-0.2, 0) is 9.53 Å². The molecule has 6 heteroatoms. The Bertz CT molecular complexity index is 888. The Labute approximate surface area is 158 Å². The van der Waals surface area contributed by atoms with E-state index >= 15 is 0 Å². The quantitative estimate of drug-likeness (QED) is 0.389. The fourth-order valence-corrected chi connectivity index (χ4v) is 2.69. The lowest BCUT2D eigenvalue weighted by atomic mass is 10.1. The third kappa shape index (κ3) is 4.18. The van der Waals surface area contributed by atoms with Gasteiger partial charge in [0.05, 0.1) is 0 Å². The van der Waals surface area contributed by atoms with E-state index in [1.807, 2.05) is 18.2 Å². The standard InChI is InChI=1S/C19H13BrClNO3/c1-2-9-24-17-8-5-14(20)10-13(17)11-16-19(23)25-18(22-16)12-3-6-15(21)7-4-12/h2-8,10-11H,1,9H2/b16-11+. The number of carbonyl (C=O) groups excluding carboxylic acids is 1. The van der Waals surface area contributed by atoms with Crippen molar-refractivity contribution in [2.24, 2.45) is 4.99 Å². The Morgan fingerprint density at radius 1 is 1.24 bits per heavy atom. The fourth-order valence-electron chi connectivity index (χ4n) is 2.18. The summed E-state index contributed by atoms with van der Waals surface area (Å²) in [7, 11) is 0. The second-order valence-electron chi connectivity index (χ2n) is 5.12. The number of rotatable bonds is 5. The van der Waals surface area contributed by atoms with Gasteiger partial charge in [0.1, 0.15) is 12.4 Å². The van der Waals surface area contributed by atoms with Crippen LogP contribution in [0.3, 0.4) is 0 Å². The van der Waals surface area contributed by atoms with Crippen molar-refractivity contribution in [1.29, 1.82) is 0 Å². The van der Waals surface area contributed by atoms with Gasteiger partial charge >= 0.3 is 5.97 Å². The summed E-state index contributed by atoms with van der Waals surface area (Å²) in [5.74, 6) is 0.356. The largest absolute Gasteiger partial charge is 0.489 e. The molecule has 0 saturated heterocycles. The Kier molecular flexibility index (Phi) is 5.36. The zero-order valence-electron chi connectivity index (χ0n) is 13.0. The Morgan fingerprint density at radius 3 is 2.72 bits per heavy atom. The van der Waals surface area contributed by atoms with Crippen LogP contribution in [0, 0.1) is 0 Å². The molecule has 2 aromatic carbocycles. The van der Waals surface area contributed by atoms with Gasteiger partial charge in [-0.2, -0.15) is 0 Å². The normalized spacial score (nSPS) is 15.0. The van der Waals surface area contributed by atoms with Gasteiger partial charge in [-0.25, -0.2) is 9.79 Å². The first-order valence-corrected chi connectivity index (χ1v) is 8.55. The molecule has 2 aromatic rings. The number of carbonyl (C=O) groups is 1. The number of hydrogen-bond acceptors (Lipinski definition) is 4. The first kappa shape index (κ1) is 17.5. The number of esters is 1. The predicted octanol–water partition coefficient (Wildman–Crippen LogP) is 5.01. The maximum Gasteiger partial charge on any atom is 0.363 e. The van der Waals surface area contributed by atoms with E-state index in [2.05, 4.69) is 27.5 Å². The summed E-state index contributed by atoms with van der Waals surface area (Å²) in [6.45, 7) is 4.00. The van der Waals surface area contributed by atoms with E-state index in [0.29, 0.717) is 28.5 Å². The van der Waals surface area contributed by atoms with Crippen LogP contribution in [-0.4, -0.2) is 18.5 Å². The molecule has 0 aromatic heterocycles. The molecule has 0 unspecified atom stereocenters. The molecule has 0 radical (unpaired) electrons. The van der Waals surface area contributed by atoms with Gasteiger partial charge in [-0.3, -0.25) is 0 Å². The number of cyclic esters (lactones) is 1. The van der Waals surface area contributed by atoms with Crippen LogP contribution in [0.1, 0.15) is 11.1 Å². The summed E-state index contributed by atoms with van der Waals surface area (Å²) < 4.78 is 11.7. The van der Waals surface area contributed by atoms with E-state index in [4.69, 9.17) is 21.1 Å². The lowest BCUT2D eigenvalue weighted by molar-refractivity contribution is -0.129. The molecule has 0 fully saturated rings. The summed E-state index contributed by atoms with van der Waals surface area (Å²) in [4.78, 5) is 16.4. The Morgan fingerprint density at radius 2 is 2.00 bits per heavy atom. The maximum atomic E-state index is 12.1. The Balaban J connectivity index is 1.95. The molecule has 25 heavy (non-hydrogen) atoms. The minimum absolute atomic E-state index is 0.200. The lowest BCUT2D eigenvalue weighted by Crippen LogP contribution is -2.05. The van der Waals surface area contributed by atoms with Crippen molar-refractivity contribution in [2.45, 2.75) is 0 Å². The van der Waals surface area contributed by atoms with Crippen molar-refractivity contribution in [3.8, 4) is 5.75 Å². The number of ether oxygens (including phenoxy) is 2. The van der Waals surface area contributed by atoms with Crippen LogP contribution in [0.5, 0.6) is 5.75 Å². The van der Waals surface area contributed by atoms with Crippen molar-refractivity contribution in [3.05, 3.63) is 81.4 Å². The number of benzene rings is 2. The van der Waals surface area contributed by atoms with Crippen LogP contribution in [0.2, 0.25) is 5.02 Å². The van der Waals surface area contributed by atoms with Gasteiger partial charge < -0.3 is 9.47 Å². The highest BCUT2D eigenvalue weighted by Crippen LogP contribution is 2.28. The first-order valence-electron chi connectivity index (χ1n) is 7.38. The van der Waals surface area contributed by atoms with Gasteiger partial charge in [0.25, 0.3) is 0 Å². The van der Waals surface area contributed by atoms with Gasteiger partial charge in [-0.05, 0) is 48.5 Å². The summed E-state index contributed by atoms with van der Waals surface area (Å²) >= 11 is 9.29. The lowest BCUT2D eigenvalue weighted by Gasteiger charge is -2.07. The zero-order chi connectivity index (χ0) is 17.8. The van der Waals surface area contributed by atoms with E-state index in [-0.39, 0.29) is 11.6 Å². The highest BCUT2D eigenvalue weighted by atomic mass is 79.9. The number of nitrogens with zero attached hydrogens (tertiary/aromatic N) is 1. The van der Waals surface area contributed by atoms with Crippen LogP contribution in [0.15, 0.2) is 70.3 Å². The third-order valence-corrected chi connectivity index (χ3v) is 4.08. The fraction of sp³-hybridized carbons (Fsp3) is 0.0526. The second kappa shape index (κ2) is 7.68. The van der Waals surface area contributed by atoms with E-state index in [1.165, 1.54) is 0 Å². The number of halogens is 2. The number of aliphatic imine (C=N–C) groups is 1. The van der Waals surface area contributed by atoms with Crippen molar-refractivity contribution in [1.82, 2.24) is 0 Å². The molecule has 3 rings (SSSR count). The summed E-state index contributed by atoms with van der Waals surface area (Å²) in [5.41, 5.74) is 1.59. The van der Waals surface area contributed by atoms with Crippen LogP contribution >= 0.6 is 27.5 Å². The second-order valence-corrected chi connectivity index (χ2v) is 6.48. The molecule has 0 saturated carbocycles. The van der Waals surface area contributed by atoms with Crippen LogP contribution in [0.25, 0.3) is 6.08 Å². The van der Waals surface area contributed by atoms with E-state index in [1.54, 1.807) is 36.4 Å². The minimum Gasteiger partial charge on any atom is -0.489 e. The zero-order valence-corrected chi connectivity index (χ0v) is 15.4. The van der Waals surface area contributed by atoms with E-state index in [0.717, 1.165) is 4.47 Å². The molecule has 0 bridgehead atoms. The van der Waals surface area contributed by atoms with Crippen LogP contribution < -0.4 is 4.74 Å². The molecule has 0 atom stereocenters. The van der Waals surface area contributed by atoms with Crippen molar-refractivity contribution in [3.63, 3.8) is 0 Å². The highest BCUT2D eigenvalue weighted by molar-refractivity contribution is 9.10. The topological polar surface area (TPSA) is 47.9 Å². The van der Waals surface area contributed by atoms with Crippen molar-refractivity contribution >= 4 is 45.5 Å². The van der Waals surface area contributed by atoms with E-state index < -0.39 is 5.97 Å². The van der Waals surface area contributed by atoms with Gasteiger partial charge in [-0.1, -0.05) is 40.2 Å². The van der Waals surface area contributed by atoms with Crippen molar-refractivity contribution < 1.29 is 14.3 Å². The molecule has 1 heterocycles. The van der Waals surface area contributed by atoms with Crippen LogP contribution in [0.4, 0.5) is 0 Å². The first-order chi connectivity index (χ1) is 12.1. The van der Waals surface area contributed by atoms with Crippen molar-refractivity contribution in [2.75, 3.05) is 6.61 Å². The third-order valence-electron chi connectivity index (χ3n) is 3.33. The molecular weight excluding hydrogens is 406 g/mol. The monoisotopic (exact) mass is 417 g/mol. The molecule has 0 amide bonds. The molecule has 0 N–H and O–H groups in total. The molecule has 1 aliphatic rings. The van der Waals surface area contributed by atoms with Gasteiger partial charge in [0.2, 0.25) is 5.90 Å². The SMILES string of the molecule is C=CCOc1ccc(Br)cc1/C=C1/N=C(c2ccc(Cl)cc2)OC1=O. The highest BCUT2D eigenvalue weighted by Gasteiger charge is 2.24. The molecule has 126 valence electrons. The molecule has 1 aliphatic heterocycles. The molecule has 0 spiro atoms. The summed E-state index contributed by atoms with van der Waals surface area (Å²) in [5, 5.41) is 0.600. The molecule has 0 aliphatic carbocycles. The average Bonchev–Trinajstić information content (AvgIpc) is 2.95. The minimum atomic E-state index is -0.514. The van der Waals surface area contributed by atoms with E-state index in [9.17, 15) is 4.79 Å².